The van der Waals surface area contributed by atoms with Gasteiger partial charge in [-0.15, -0.1) is 10.2 Å². The van der Waals surface area contributed by atoms with Crippen molar-refractivity contribution in [2.45, 2.75) is 25.9 Å². The lowest BCUT2D eigenvalue weighted by molar-refractivity contribution is -0.116. The molecule has 0 saturated heterocycles. The van der Waals surface area contributed by atoms with Crippen LogP contribution in [0.2, 0.25) is 5.15 Å². The first kappa shape index (κ1) is 22.8. The summed E-state index contributed by atoms with van der Waals surface area (Å²) in [6, 6.07) is 15.2. The fourth-order valence-electron chi connectivity index (χ4n) is 4.29. The molecule has 35 heavy (non-hydrogen) atoms. The number of ether oxygens (including phenoxy) is 2. The number of benzene rings is 2. The van der Waals surface area contributed by atoms with Crippen LogP contribution in [-0.2, 0) is 11.4 Å². The molecule has 2 aromatic carbocycles. The fraction of sp³-hybridized carbons (Fsp3) is 0.200. The van der Waals surface area contributed by atoms with Crippen LogP contribution in [-0.4, -0.2) is 33.0 Å². The molecular weight excluding hydrogens is 473 g/mol. The van der Waals surface area contributed by atoms with Gasteiger partial charge in [0.1, 0.15) is 18.2 Å². The molecule has 1 N–H and O–H groups in total. The number of amides is 1. The monoisotopic (exact) mass is 493 g/mol. The van der Waals surface area contributed by atoms with Crippen LogP contribution in [0.15, 0.2) is 54.6 Å². The van der Waals surface area contributed by atoms with E-state index in [2.05, 4.69) is 20.6 Å². The molecule has 2 aromatic heterocycles. The lowest BCUT2D eigenvalue weighted by atomic mass is 9.85. The maximum Gasteiger partial charge on any atom is 0.226 e. The Balaban J connectivity index is 1.59. The number of aromatic nitrogens is 4. The number of fused-ring (bicyclic) bond motifs is 1. The molecule has 0 bridgehead atoms. The smallest absolute Gasteiger partial charge is 0.226 e. The minimum atomic E-state index is -0.376. The number of hydrogen-bond donors (Lipinski definition) is 1. The Kier molecular flexibility index (Phi) is 6.08. The van der Waals surface area contributed by atoms with Gasteiger partial charge in [-0.3, -0.25) is 4.79 Å². The van der Waals surface area contributed by atoms with Gasteiger partial charge in [0.25, 0.3) is 0 Å². The zero-order valence-electron chi connectivity index (χ0n) is 19.0. The van der Waals surface area contributed by atoms with Crippen molar-refractivity contribution < 1.29 is 18.7 Å². The highest BCUT2D eigenvalue weighted by atomic mass is 35.5. The maximum atomic E-state index is 14.2. The first-order valence-electron chi connectivity index (χ1n) is 10.9. The first-order valence-corrected chi connectivity index (χ1v) is 11.3. The molecule has 10 heteroatoms. The van der Waals surface area contributed by atoms with E-state index in [1.165, 1.54) is 17.9 Å². The molecule has 0 spiro atoms. The summed E-state index contributed by atoms with van der Waals surface area (Å²) in [5, 5.41) is 15.8. The van der Waals surface area contributed by atoms with Crippen molar-refractivity contribution in [1.29, 1.82) is 0 Å². The van der Waals surface area contributed by atoms with Crippen molar-refractivity contribution in [2.24, 2.45) is 0 Å². The second-order valence-corrected chi connectivity index (χ2v) is 8.42. The van der Waals surface area contributed by atoms with E-state index in [0.29, 0.717) is 34.4 Å². The van der Waals surface area contributed by atoms with Crippen LogP contribution in [0.3, 0.4) is 0 Å². The van der Waals surface area contributed by atoms with E-state index in [-0.39, 0.29) is 35.8 Å². The third-order valence-electron chi connectivity index (χ3n) is 5.87. The van der Waals surface area contributed by atoms with Gasteiger partial charge in [-0.05, 0) is 31.2 Å². The van der Waals surface area contributed by atoms with E-state index in [9.17, 15) is 9.18 Å². The second-order valence-electron chi connectivity index (χ2n) is 8.04. The molecular formula is C25H21ClFN5O3. The third kappa shape index (κ3) is 4.30. The number of aryl methyl sites for hydroxylation is 1. The van der Waals surface area contributed by atoms with Crippen LogP contribution in [0.25, 0.3) is 5.82 Å². The number of rotatable bonds is 6. The molecule has 178 valence electrons. The number of anilines is 1. The second kappa shape index (κ2) is 9.34. The number of nitrogens with one attached hydrogen (secondary N) is 1. The highest BCUT2D eigenvalue weighted by molar-refractivity contribution is 6.29. The normalized spacial score (nSPS) is 14.9. The minimum Gasteiger partial charge on any atom is -0.493 e. The molecule has 0 aliphatic carbocycles. The van der Waals surface area contributed by atoms with Crippen LogP contribution in [0.1, 0.15) is 34.7 Å². The molecule has 0 radical (unpaired) electrons. The summed E-state index contributed by atoms with van der Waals surface area (Å²) in [5.41, 5.74) is 2.69. The van der Waals surface area contributed by atoms with Crippen LogP contribution < -0.4 is 14.8 Å². The van der Waals surface area contributed by atoms with Gasteiger partial charge in [0, 0.05) is 29.0 Å². The Hall–Kier alpha value is -3.98. The van der Waals surface area contributed by atoms with Crippen LogP contribution in [0, 0.1) is 12.7 Å². The predicted octanol–water partition coefficient (Wildman–Crippen LogP) is 4.82. The number of halogens is 2. The Bertz CT molecular complexity index is 1410. The number of nitrogens with zero attached hydrogens (tertiary/aromatic N) is 4. The number of para-hydroxylation sites is 1. The highest BCUT2D eigenvalue weighted by Crippen LogP contribution is 2.46. The molecule has 3 heterocycles. The predicted molar refractivity (Wildman–Crippen MR) is 128 cm³/mol. The molecule has 4 aromatic rings. The van der Waals surface area contributed by atoms with Crippen LogP contribution in [0.5, 0.6) is 11.5 Å². The van der Waals surface area contributed by atoms with Crippen molar-refractivity contribution in [3.05, 3.63) is 88.0 Å². The van der Waals surface area contributed by atoms with E-state index >= 15 is 0 Å². The minimum absolute atomic E-state index is 0.00439. The molecule has 1 amide bonds. The van der Waals surface area contributed by atoms with E-state index in [1.807, 2.05) is 19.1 Å². The van der Waals surface area contributed by atoms with Crippen LogP contribution in [0.4, 0.5) is 10.2 Å². The van der Waals surface area contributed by atoms with Gasteiger partial charge < -0.3 is 14.8 Å². The first-order chi connectivity index (χ1) is 17.0. The van der Waals surface area contributed by atoms with E-state index in [1.54, 1.807) is 36.4 Å². The van der Waals surface area contributed by atoms with E-state index < -0.39 is 0 Å². The standard InChI is InChI=1S/C25H21ClFN5O3/c1-14-23-17(12-22(33)28-25(23)32(31-14)21-11-10-20(26)29-30-21)16-7-5-9-19(34-2)24(16)35-13-15-6-3-4-8-18(15)27/h3-11,17H,12-13H2,1-2H3,(H,28,33)/t17-/m0/s1. The summed E-state index contributed by atoms with van der Waals surface area (Å²) in [5.74, 6) is 0.934. The summed E-state index contributed by atoms with van der Waals surface area (Å²) >= 11 is 5.88. The van der Waals surface area contributed by atoms with Crippen LogP contribution >= 0.6 is 11.6 Å². The zero-order valence-corrected chi connectivity index (χ0v) is 19.7. The molecule has 0 unspecified atom stereocenters. The van der Waals surface area contributed by atoms with Crippen molar-refractivity contribution in [3.63, 3.8) is 0 Å². The number of carbonyl (C=O) groups is 1. The largest absolute Gasteiger partial charge is 0.493 e. The van der Waals surface area contributed by atoms with Gasteiger partial charge in [0.15, 0.2) is 22.5 Å². The Morgan fingerprint density at radius 1 is 1.14 bits per heavy atom. The quantitative estimate of drug-likeness (QED) is 0.414. The van der Waals surface area contributed by atoms with Crippen molar-refractivity contribution >= 4 is 23.3 Å². The lowest BCUT2D eigenvalue weighted by Gasteiger charge is -2.26. The Morgan fingerprint density at radius 2 is 1.97 bits per heavy atom. The number of hydrogen-bond acceptors (Lipinski definition) is 6. The van der Waals surface area contributed by atoms with Gasteiger partial charge in [-0.25, -0.2) is 4.39 Å². The van der Waals surface area contributed by atoms with Gasteiger partial charge >= 0.3 is 0 Å². The summed E-state index contributed by atoms with van der Waals surface area (Å²) in [4.78, 5) is 12.8. The Labute approximate surface area is 205 Å². The lowest BCUT2D eigenvalue weighted by Crippen LogP contribution is -2.25. The fourth-order valence-corrected chi connectivity index (χ4v) is 4.39. The van der Waals surface area contributed by atoms with Crippen molar-refractivity contribution in [1.82, 2.24) is 20.0 Å². The number of methoxy groups -OCH3 is 1. The molecule has 1 atom stereocenters. The average Bonchev–Trinajstić information content (AvgIpc) is 3.19. The summed E-state index contributed by atoms with van der Waals surface area (Å²) in [6.07, 6.45) is 0.176. The van der Waals surface area contributed by atoms with E-state index in [0.717, 1.165) is 11.1 Å². The van der Waals surface area contributed by atoms with Gasteiger partial charge in [0.2, 0.25) is 5.91 Å². The SMILES string of the molecule is COc1cccc([C@@H]2CC(=O)Nc3c2c(C)nn3-c2ccc(Cl)nn2)c1OCc1ccccc1F. The summed E-state index contributed by atoms with van der Waals surface area (Å²) in [6.45, 7) is 1.87. The molecule has 0 saturated carbocycles. The summed E-state index contributed by atoms with van der Waals surface area (Å²) in [7, 11) is 1.54. The molecule has 1 aliphatic rings. The average molecular weight is 494 g/mol. The molecule has 5 rings (SSSR count). The van der Waals surface area contributed by atoms with Gasteiger partial charge in [0.05, 0.1) is 12.8 Å². The Morgan fingerprint density at radius 3 is 2.71 bits per heavy atom. The van der Waals surface area contributed by atoms with Crippen molar-refractivity contribution in [2.75, 3.05) is 12.4 Å². The zero-order chi connectivity index (χ0) is 24.5. The number of carbonyl (C=O) groups excluding carboxylic acids is 1. The topological polar surface area (TPSA) is 91.2 Å². The molecule has 8 nitrogen and oxygen atoms in total. The molecule has 0 fully saturated rings. The van der Waals surface area contributed by atoms with Crippen molar-refractivity contribution in [3.8, 4) is 17.3 Å². The van der Waals surface area contributed by atoms with E-state index in [4.69, 9.17) is 21.1 Å². The maximum absolute atomic E-state index is 14.2. The molecule has 1 aliphatic heterocycles. The third-order valence-corrected chi connectivity index (χ3v) is 6.07. The van der Waals surface area contributed by atoms with Gasteiger partial charge in [-0.2, -0.15) is 9.78 Å². The summed E-state index contributed by atoms with van der Waals surface area (Å²) < 4.78 is 27.4. The highest BCUT2D eigenvalue weighted by Gasteiger charge is 2.35. The van der Waals surface area contributed by atoms with Gasteiger partial charge in [-0.1, -0.05) is 41.9 Å².